The van der Waals surface area contributed by atoms with Crippen LogP contribution in [0.5, 0.6) is 0 Å². The highest BCUT2D eigenvalue weighted by Crippen LogP contribution is 2.15. The van der Waals surface area contributed by atoms with Gasteiger partial charge < -0.3 is 15.4 Å². The molecule has 0 aliphatic carbocycles. The van der Waals surface area contributed by atoms with Gasteiger partial charge >= 0.3 is 0 Å². The topological polar surface area (TPSA) is 50.4 Å². The van der Waals surface area contributed by atoms with Gasteiger partial charge in [-0.3, -0.25) is 4.79 Å². The SMILES string of the molecule is CCCCNC(=O)CNc1ccccc1COC. The van der Waals surface area contributed by atoms with Gasteiger partial charge in [0.25, 0.3) is 0 Å². The van der Waals surface area contributed by atoms with E-state index in [1.807, 2.05) is 24.3 Å². The Bertz CT molecular complexity index is 367. The Kier molecular flexibility index (Phi) is 6.87. The molecule has 0 radical (unpaired) electrons. The van der Waals surface area contributed by atoms with Crippen LogP contribution in [0.1, 0.15) is 25.3 Å². The van der Waals surface area contributed by atoms with Crippen molar-refractivity contribution in [2.24, 2.45) is 0 Å². The molecule has 0 unspecified atom stereocenters. The molecule has 4 nitrogen and oxygen atoms in total. The molecule has 4 heteroatoms. The van der Waals surface area contributed by atoms with Crippen LogP contribution in [0, 0.1) is 0 Å². The van der Waals surface area contributed by atoms with Crippen molar-refractivity contribution in [2.75, 3.05) is 25.5 Å². The number of amides is 1. The molecule has 0 saturated heterocycles. The van der Waals surface area contributed by atoms with Crippen LogP contribution in [0.15, 0.2) is 24.3 Å². The number of carbonyl (C=O) groups excluding carboxylic acids is 1. The Morgan fingerprint density at radius 2 is 2.11 bits per heavy atom. The highest BCUT2D eigenvalue weighted by atomic mass is 16.5. The van der Waals surface area contributed by atoms with Crippen molar-refractivity contribution in [3.63, 3.8) is 0 Å². The normalized spacial score (nSPS) is 10.1. The minimum Gasteiger partial charge on any atom is -0.380 e. The predicted molar refractivity (Wildman–Crippen MR) is 73.6 cm³/mol. The summed E-state index contributed by atoms with van der Waals surface area (Å²) in [5, 5.41) is 6.01. The van der Waals surface area contributed by atoms with Gasteiger partial charge in [0.1, 0.15) is 0 Å². The number of carbonyl (C=O) groups is 1. The summed E-state index contributed by atoms with van der Waals surface area (Å²) in [6, 6.07) is 7.84. The molecule has 0 aliphatic rings. The summed E-state index contributed by atoms with van der Waals surface area (Å²) in [5.41, 5.74) is 2.01. The van der Waals surface area contributed by atoms with Crippen LogP contribution in [0.25, 0.3) is 0 Å². The Balaban J connectivity index is 2.40. The molecule has 0 heterocycles. The van der Waals surface area contributed by atoms with E-state index in [0.29, 0.717) is 13.2 Å². The van der Waals surface area contributed by atoms with Crippen molar-refractivity contribution in [2.45, 2.75) is 26.4 Å². The number of hydrogen-bond donors (Lipinski definition) is 2. The number of ether oxygens (including phenoxy) is 1. The lowest BCUT2D eigenvalue weighted by molar-refractivity contribution is -0.119. The van der Waals surface area contributed by atoms with Crippen LogP contribution in [0.2, 0.25) is 0 Å². The van der Waals surface area contributed by atoms with Crippen LogP contribution in [-0.4, -0.2) is 26.1 Å². The molecule has 0 bridgehead atoms. The van der Waals surface area contributed by atoms with Gasteiger partial charge in [-0.2, -0.15) is 0 Å². The zero-order valence-corrected chi connectivity index (χ0v) is 11.2. The zero-order valence-electron chi connectivity index (χ0n) is 11.2. The zero-order chi connectivity index (χ0) is 13.2. The van der Waals surface area contributed by atoms with Crippen LogP contribution >= 0.6 is 0 Å². The first-order valence-electron chi connectivity index (χ1n) is 6.35. The molecule has 0 aliphatic heterocycles. The first kappa shape index (κ1) is 14.5. The second kappa shape index (κ2) is 8.53. The van der Waals surface area contributed by atoms with Gasteiger partial charge in [-0.25, -0.2) is 0 Å². The van der Waals surface area contributed by atoms with Crippen LogP contribution in [-0.2, 0) is 16.1 Å². The average Bonchev–Trinajstić information content (AvgIpc) is 2.38. The number of methoxy groups -OCH3 is 1. The van der Waals surface area contributed by atoms with Crippen molar-refractivity contribution in [1.29, 1.82) is 0 Å². The number of anilines is 1. The Labute approximate surface area is 109 Å². The summed E-state index contributed by atoms with van der Waals surface area (Å²) < 4.78 is 5.11. The number of rotatable bonds is 8. The van der Waals surface area contributed by atoms with E-state index in [0.717, 1.165) is 30.6 Å². The van der Waals surface area contributed by atoms with Gasteiger partial charge in [-0.15, -0.1) is 0 Å². The highest BCUT2D eigenvalue weighted by Gasteiger charge is 2.03. The monoisotopic (exact) mass is 250 g/mol. The van der Waals surface area contributed by atoms with Gasteiger partial charge in [0.15, 0.2) is 0 Å². The third-order valence-corrected chi connectivity index (χ3v) is 2.61. The third kappa shape index (κ3) is 5.19. The van der Waals surface area contributed by atoms with Gasteiger partial charge in [0, 0.05) is 24.9 Å². The fraction of sp³-hybridized carbons (Fsp3) is 0.500. The highest BCUT2D eigenvalue weighted by molar-refractivity contribution is 5.80. The van der Waals surface area contributed by atoms with E-state index < -0.39 is 0 Å². The molecule has 18 heavy (non-hydrogen) atoms. The quantitative estimate of drug-likeness (QED) is 0.695. The molecule has 1 aromatic rings. The summed E-state index contributed by atoms with van der Waals surface area (Å²) in [7, 11) is 1.66. The number of unbranched alkanes of at least 4 members (excludes halogenated alkanes) is 1. The molecule has 0 atom stereocenters. The second-order valence-corrected chi connectivity index (χ2v) is 4.15. The van der Waals surface area contributed by atoms with Crippen LogP contribution in [0.4, 0.5) is 5.69 Å². The van der Waals surface area contributed by atoms with Crippen molar-refractivity contribution in [1.82, 2.24) is 5.32 Å². The van der Waals surface area contributed by atoms with Gasteiger partial charge in [-0.1, -0.05) is 31.5 Å². The van der Waals surface area contributed by atoms with Crippen molar-refractivity contribution in [3.8, 4) is 0 Å². The largest absolute Gasteiger partial charge is 0.380 e. The first-order chi connectivity index (χ1) is 8.77. The number of hydrogen-bond acceptors (Lipinski definition) is 3. The fourth-order valence-electron chi connectivity index (χ4n) is 1.62. The standard InChI is InChI=1S/C14H22N2O2/c1-3-4-9-15-14(17)10-16-13-8-6-5-7-12(13)11-18-2/h5-8,16H,3-4,9-11H2,1-2H3,(H,15,17). The number of para-hydroxylation sites is 1. The van der Waals surface area contributed by atoms with E-state index in [4.69, 9.17) is 4.74 Å². The van der Waals surface area contributed by atoms with E-state index in [1.165, 1.54) is 0 Å². The molecule has 0 aromatic heterocycles. The molecular weight excluding hydrogens is 228 g/mol. The average molecular weight is 250 g/mol. The minimum atomic E-state index is 0.0238. The van der Waals surface area contributed by atoms with Crippen molar-refractivity contribution >= 4 is 11.6 Å². The lowest BCUT2D eigenvalue weighted by atomic mass is 10.2. The molecule has 0 spiro atoms. The maximum Gasteiger partial charge on any atom is 0.239 e. The molecule has 0 saturated carbocycles. The molecule has 1 amide bonds. The van der Waals surface area contributed by atoms with Gasteiger partial charge in [0.05, 0.1) is 13.2 Å². The first-order valence-corrected chi connectivity index (χ1v) is 6.35. The maximum absolute atomic E-state index is 11.6. The number of nitrogens with one attached hydrogen (secondary N) is 2. The minimum absolute atomic E-state index is 0.0238. The summed E-state index contributed by atoms with van der Waals surface area (Å²) in [6.45, 7) is 3.69. The molecular formula is C14H22N2O2. The van der Waals surface area contributed by atoms with Crippen LogP contribution < -0.4 is 10.6 Å². The molecule has 2 N–H and O–H groups in total. The number of benzene rings is 1. The van der Waals surface area contributed by atoms with Crippen LogP contribution in [0.3, 0.4) is 0 Å². The summed E-state index contributed by atoms with van der Waals surface area (Å²) in [6.07, 6.45) is 2.11. The Morgan fingerprint density at radius 1 is 1.33 bits per heavy atom. The maximum atomic E-state index is 11.6. The third-order valence-electron chi connectivity index (χ3n) is 2.61. The Morgan fingerprint density at radius 3 is 2.83 bits per heavy atom. The molecule has 0 fully saturated rings. The van der Waals surface area contributed by atoms with E-state index in [2.05, 4.69) is 17.6 Å². The summed E-state index contributed by atoms with van der Waals surface area (Å²) >= 11 is 0. The van der Waals surface area contributed by atoms with Gasteiger partial charge in [-0.05, 0) is 12.5 Å². The predicted octanol–water partition coefficient (Wildman–Crippen LogP) is 2.16. The summed E-state index contributed by atoms with van der Waals surface area (Å²) in [4.78, 5) is 11.6. The summed E-state index contributed by atoms with van der Waals surface area (Å²) in [5.74, 6) is 0.0238. The lowest BCUT2D eigenvalue weighted by Crippen LogP contribution is -2.30. The van der Waals surface area contributed by atoms with E-state index in [-0.39, 0.29) is 5.91 Å². The smallest absolute Gasteiger partial charge is 0.239 e. The Hall–Kier alpha value is -1.55. The van der Waals surface area contributed by atoms with Crippen molar-refractivity contribution < 1.29 is 9.53 Å². The van der Waals surface area contributed by atoms with E-state index in [9.17, 15) is 4.79 Å². The second-order valence-electron chi connectivity index (χ2n) is 4.15. The molecule has 100 valence electrons. The van der Waals surface area contributed by atoms with E-state index >= 15 is 0 Å². The molecule has 1 rings (SSSR count). The van der Waals surface area contributed by atoms with Crippen molar-refractivity contribution in [3.05, 3.63) is 29.8 Å². The molecule has 1 aromatic carbocycles. The van der Waals surface area contributed by atoms with Gasteiger partial charge in [0.2, 0.25) is 5.91 Å². The lowest BCUT2D eigenvalue weighted by Gasteiger charge is -2.11. The fourth-order valence-corrected chi connectivity index (χ4v) is 1.62. The van der Waals surface area contributed by atoms with E-state index in [1.54, 1.807) is 7.11 Å².